The zero-order chi connectivity index (χ0) is 7.11. The van der Waals surface area contributed by atoms with Gasteiger partial charge in [0, 0.05) is 0 Å². The highest BCUT2D eigenvalue weighted by Crippen LogP contribution is 1.89. The molecule has 0 bridgehead atoms. The molecule has 0 saturated carbocycles. The van der Waals surface area contributed by atoms with E-state index in [1.165, 1.54) is 7.11 Å². The number of hydrogen-bond acceptors (Lipinski definition) is 4. The van der Waals surface area contributed by atoms with E-state index in [-0.39, 0.29) is 6.61 Å². The number of aldehydes is 1. The van der Waals surface area contributed by atoms with Crippen LogP contribution in [-0.2, 0) is 14.6 Å². The van der Waals surface area contributed by atoms with Gasteiger partial charge < -0.3 is 4.79 Å². The molecule has 9 heavy (non-hydrogen) atoms. The van der Waals surface area contributed by atoms with Crippen LogP contribution in [0.15, 0.2) is 0 Å². The quantitative estimate of drug-likeness (QED) is 0.302. The van der Waals surface area contributed by atoms with Crippen LogP contribution in [0.5, 0.6) is 0 Å². The molecule has 0 amide bonds. The lowest BCUT2D eigenvalue weighted by Crippen LogP contribution is -2.07. The molecule has 0 heterocycles. The molecule has 0 rings (SSSR count). The summed E-state index contributed by atoms with van der Waals surface area (Å²) in [4.78, 5) is 18.4. The Balaban J connectivity index is 3.34. The first-order valence-electron chi connectivity index (χ1n) is 2.35. The lowest BCUT2D eigenvalue weighted by atomic mass is 10.2. The Morgan fingerprint density at radius 2 is 2.56 bits per heavy atom. The molecule has 0 radical (unpaired) electrons. The summed E-state index contributed by atoms with van der Waals surface area (Å²) in [5.41, 5.74) is 0. The van der Waals surface area contributed by atoms with Crippen LogP contribution in [-0.4, -0.2) is 20.0 Å². The fourth-order valence-corrected chi connectivity index (χ4v) is 0.248. The van der Waals surface area contributed by atoms with Crippen molar-refractivity contribution in [1.82, 2.24) is 0 Å². The van der Waals surface area contributed by atoms with Crippen molar-refractivity contribution < 1.29 is 14.6 Å². The smallest absolute Gasteiger partial charge is 0.139 e. The molecule has 0 aliphatic rings. The van der Waals surface area contributed by atoms with E-state index in [2.05, 4.69) is 9.78 Å². The normalized spacial score (nSPS) is 12.0. The molecule has 0 N–H and O–H groups in total. The van der Waals surface area contributed by atoms with Gasteiger partial charge in [-0.25, -0.2) is 9.78 Å². The van der Waals surface area contributed by atoms with Crippen LogP contribution >= 0.6 is 0 Å². The molecule has 0 aromatic heterocycles. The maximum atomic E-state index is 9.88. The monoisotopic (exact) mass is 129 g/mol. The molecule has 0 saturated heterocycles. The number of nitrogens with zero attached hydrogens (tertiary/aromatic N) is 1. The van der Waals surface area contributed by atoms with Crippen molar-refractivity contribution in [3.63, 3.8) is 0 Å². The number of carbonyl (C=O) groups excluding carboxylic acids is 1. The van der Waals surface area contributed by atoms with Crippen molar-refractivity contribution in [2.45, 2.75) is 0 Å². The van der Waals surface area contributed by atoms with Crippen molar-refractivity contribution in [2.24, 2.45) is 5.92 Å². The minimum atomic E-state index is -0.718. The Morgan fingerprint density at radius 1 is 1.89 bits per heavy atom. The summed E-state index contributed by atoms with van der Waals surface area (Å²) < 4.78 is 0. The van der Waals surface area contributed by atoms with Crippen molar-refractivity contribution in [2.75, 3.05) is 13.7 Å². The molecule has 1 unspecified atom stereocenters. The second-order valence-corrected chi connectivity index (χ2v) is 1.32. The molecule has 0 aliphatic carbocycles. The molecule has 1 atom stereocenters. The molecule has 0 aliphatic heterocycles. The Labute approximate surface area is 52.9 Å². The number of rotatable bonds is 4. The van der Waals surface area contributed by atoms with Crippen LogP contribution in [0.2, 0.25) is 0 Å². The summed E-state index contributed by atoms with van der Waals surface area (Å²) >= 11 is 0. The van der Waals surface area contributed by atoms with E-state index in [1.54, 1.807) is 6.07 Å². The molecule has 0 spiro atoms. The number of nitriles is 1. The van der Waals surface area contributed by atoms with E-state index in [0.29, 0.717) is 6.29 Å². The van der Waals surface area contributed by atoms with Gasteiger partial charge in [-0.05, 0) is 0 Å². The fraction of sp³-hybridized carbons (Fsp3) is 0.600. The molecule has 0 fully saturated rings. The molecule has 4 nitrogen and oxygen atoms in total. The molecular formula is C5H7NO3. The van der Waals surface area contributed by atoms with Crippen LogP contribution in [0, 0.1) is 17.2 Å². The Hall–Kier alpha value is -0.920. The van der Waals surface area contributed by atoms with Gasteiger partial charge in [-0.15, -0.1) is 0 Å². The Morgan fingerprint density at radius 3 is 2.89 bits per heavy atom. The maximum absolute atomic E-state index is 9.88. The van der Waals surface area contributed by atoms with E-state index in [9.17, 15) is 4.79 Å². The average Bonchev–Trinajstić information content (AvgIpc) is 1.91. The Bertz CT molecular complexity index is 118. The van der Waals surface area contributed by atoms with Gasteiger partial charge in [0.25, 0.3) is 0 Å². The van der Waals surface area contributed by atoms with E-state index in [0.717, 1.165) is 0 Å². The van der Waals surface area contributed by atoms with Crippen molar-refractivity contribution in [3.8, 4) is 6.07 Å². The highest BCUT2D eigenvalue weighted by molar-refractivity contribution is 5.57. The fourth-order valence-electron chi connectivity index (χ4n) is 0.248. The first-order valence-corrected chi connectivity index (χ1v) is 2.35. The maximum Gasteiger partial charge on any atom is 0.139 e. The summed E-state index contributed by atoms with van der Waals surface area (Å²) in [6, 6.07) is 1.71. The van der Waals surface area contributed by atoms with Gasteiger partial charge in [0.15, 0.2) is 0 Å². The van der Waals surface area contributed by atoms with Crippen LogP contribution in [0.4, 0.5) is 0 Å². The topological polar surface area (TPSA) is 59.3 Å². The summed E-state index contributed by atoms with van der Waals surface area (Å²) in [5.74, 6) is -0.718. The van der Waals surface area contributed by atoms with Crippen molar-refractivity contribution in [1.29, 1.82) is 5.26 Å². The van der Waals surface area contributed by atoms with Crippen LogP contribution in [0.1, 0.15) is 0 Å². The van der Waals surface area contributed by atoms with Gasteiger partial charge in [-0.3, -0.25) is 0 Å². The summed E-state index contributed by atoms with van der Waals surface area (Å²) in [6.45, 7) is -0.00347. The average molecular weight is 129 g/mol. The van der Waals surface area contributed by atoms with Gasteiger partial charge in [0.2, 0.25) is 0 Å². The number of hydrogen-bond donors (Lipinski definition) is 0. The van der Waals surface area contributed by atoms with Crippen LogP contribution < -0.4 is 0 Å². The number of carbonyl (C=O) groups is 1. The highest BCUT2D eigenvalue weighted by atomic mass is 17.2. The zero-order valence-electron chi connectivity index (χ0n) is 5.03. The third-order valence-corrected chi connectivity index (χ3v) is 0.696. The highest BCUT2D eigenvalue weighted by Gasteiger charge is 2.03. The largest absolute Gasteiger partial charge is 0.302 e. The van der Waals surface area contributed by atoms with Gasteiger partial charge in [-0.2, -0.15) is 5.26 Å². The zero-order valence-corrected chi connectivity index (χ0v) is 5.03. The third-order valence-electron chi connectivity index (χ3n) is 0.696. The molecular weight excluding hydrogens is 122 g/mol. The Kier molecular flexibility index (Phi) is 4.69. The summed E-state index contributed by atoms with van der Waals surface area (Å²) in [5, 5.41) is 8.14. The van der Waals surface area contributed by atoms with Crippen molar-refractivity contribution >= 4 is 6.29 Å². The van der Waals surface area contributed by atoms with E-state index in [4.69, 9.17) is 5.26 Å². The molecule has 50 valence electrons. The van der Waals surface area contributed by atoms with Gasteiger partial charge in [0.05, 0.1) is 13.2 Å². The predicted octanol–water partition coefficient (Wildman–Crippen LogP) is -0.0969. The van der Waals surface area contributed by atoms with Crippen molar-refractivity contribution in [3.05, 3.63) is 0 Å². The molecule has 0 aromatic rings. The summed E-state index contributed by atoms with van der Waals surface area (Å²) in [6.07, 6.45) is 0.513. The van der Waals surface area contributed by atoms with E-state index in [1.807, 2.05) is 0 Å². The minimum absolute atomic E-state index is 0.00347. The second-order valence-electron chi connectivity index (χ2n) is 1.32. The van der Waals surface area contributed by atoms with Gasteiger partial charge in [0.1, 0.15) is 18.8 Å². The van der Waals surface area contributed by atoms with E-state index < -0.39 is 5.92 Å². The summed E-state index contributed by atoms with van der Waals surface area (Å²) in [7, 11) is 1.32. The lowest BCUT2D eigenvalue weighted by molar-refractivity contribution is -0.275. The SMILES string of the molecule is COOCC(C#N)C=O. The third kappa shape index (κ3) is 3.64. The van der Waals surface area contributed by atoms with Gasteiger partial charge >= 0.3 is 0 Å². The lowest BCUT2D eigenvalue weighted by Gasteiger charge is -1.97. The standard InChI is InChI=1S/C5H7NO3/c1-8-9-4-5(2-6)3-7/h3,5H,4H2,1H3. The second kappa shape index (κ2) is 5.22. The first kappa shape index (κ1) is 8.08. The van der Waals surface area contributed by atoms with Crippen LogP contribution in [0.3, 0.4) is 0 Å². The first-order chi connectivity index (χ1) is 4.35. The van der Waals surface area contributed by atoms with E-state index >= 15 is 0 Å². The molecule has 0 aromatic carbocycles. The predicted molar refractivity (Wildman–Crippen MR) is 28.1 cm³/mol. The van der Waals surface area contributed by atoms with Crippen LogP contribution in [0.25, 0.3) is 0 Å². The van der Waals surface area contributed by atoms with Gasteiger partial charge in [-0.1, -0.05) is 0 Å². The minimum Gasteiger partial charge on any atom is -0.302 e. The molecule has 4 heteroatoms.